The first-order chi connectivity index (χ1) is 9.20. The molecule has 4 heteroatoms. The van der Waals surface area contributed by atoms with E-state index in [1.165, 1.54) is 29.9 Å². The van der Waals surface area contributed by atoms with Crippen LogP contribution < -0.4 is 5.32 Å². The summed E-state index contributed by atoms with van der Waals surface area (Å²) in [7, 11) is 0. The van der Waals surface area contributed by atoms with Crippen LogP contribution in [0.1, 0.15) is 25.3 Å². The molecular formula is C15H21BrClNS. The summed E-state index contributed by atoms with van der Waals surface area (Å²) in [4.78, 5) is 0. The number of halogens is 2. The molecule has 2 rings (SSSR count). The lowest BCUT2D eigenvalue weighted by atomic mass is 9.93. The van der Waals surface area contributed by atoms with Crippen molar-refractivity contribution in [2.24, 2.45) is 5.92 Å². The Bertz CT molecular complexity index is 407. The minimum atomic E-state index is 0.564. The molecule has 2 unspecified atom stereocenters. The molecule has 1 aromatic rings. The van der Waals surface area contributed by atoms with Gasteiger partial charge in [-0.3, -0.25) is 0 Å². The van der Waals surface area contributed by atoms with Crippen LogP contribution >= 0.6 is 39.3 Å². The summed E-state index contributed by atoms with van der Waals surface area (Å²) < 4.78 is 1.05. The maximum atomic E-state index is 6.35. The van der Waals surface area contributed by atoms with E-state index in [-0.39, 0.29) is 0 Å². The molecule has 0 radical (unpaired) electrons. The van der Waals surface area contributed by atoms with E-state index in [4.69, 9.17) is 11.6 Å². The fraction of sp³-hybridized carbons (Fsp3) is 0.600. The molecule has 1 fully saturated rings. The number of thioether (sulfide) groups is 1. The van der Waals surface area contributed by atoms with Gasteiger partial charge in [0.15, 0.2) is 0 Å². The van der Waals surface area contributed by atoms with Gasteiger partial charge in [-0.25, -0.2) is 0 Å². The lowest BCUT2D eigenvalue weighted by Crippen LogP contribution is -2.38. The van der Waals surface area contributed by atoms with Gasteiger partial charge in [0.1, 0.15) is 0 Å². The fourth-order valence-corrected chi connectivity index (χ4v) is 4.62. The number of hydrogen-bond donors (Lipinski definition) is 1. The van der Waals surface area contributed by atoms with E-state index in [9.17, 15) is 0 Å². The van der Waals surface area contributed by atoms with Crippen LogP contribution in [0.25, 0.3) is 0 Å². The number of rotatable bonds is 6. The Morgan fingerprint density at radius 3 is 3.00 bits per heavy atom. The Labute approximate surface area is 134 Å². The predicted octanol–water partition coefficient (Wildman–Crippen LogP) is 4.77. The Balaban J connectivity index is 2.05. The van der Waals surface area contributed by atoms with Crippen molar-refractivity contribution in [1.29, 1.82) is 0 Å². The van der Waals surface area contributed by atoms with Gasteiger partial charge in [-0.1, -0.05) is 40.5 Å². The lowest BCUT2D eigenvalue weighted by molar-refractivity contribution is 0.380. The molecule has 19 heavy (non-hydrogen) atoms. The highest BCUT2D eigenvalue weighted by Crippen LogP contribution is 2.30. The second-order valence-corrected chi connectivity index (χ2v) is 7.60. The summed E-state index contributed by atoms with van der Waals surface area (Å²) >= 11 is 11.9. The quantitative estimate of drug-likeness (QED) is 0.782. The molecule has 1 aromatic carbocycles. The highest BCUT2D eigenvalue weighted by Gasteiger charge is 2.25. The van der Waals surface area contributed by atoms with Crippen LogP contribution in [0.5, 0.6) is 0 Å². The van der Waals surface area contributed by atoms with E-state index in [1.54, 1.807) is 0 Å². The molecule has 1 heterocycles. The van der Waals surface area contributed by atoms with E-state index >= 15 is 0 Å². The molecular weight excluding hydrogens is 342 g/mol. The van der Waals surface area contributed by atoms with Gasteiger partial charge in [0, 0.05) is 15.5 Å². The minimum Gasteiger partial charge on any atom is -0.313 e. The second-order valence-electron chi connectivity index (χ2n) is 5.12. The molecule has 2 atom stereocenters. The molecule has 0 spiro atoms. The maximum absolute atomic E-state index is 6.35. The molecule has 1 N–H and O–H groups in total. The average Bonchev–Trinajstić information content (AvgIpc) is 2.90. The largest absolute Gasteiger partial charge is 0.313 e. The van der Waals surface area contributed by atoms with Crippen molar-refractivity contribution in [2.75, 3.05) is 18.1 Å². The molecule has 0 bridgehead atoms. The Morgan fingerprint density at radius 1 is 1.53 bits per heavy atom. The molecule has 0 amide bonds. The van der Waals surface area contributed by atoms with Gasteiger partial charge in [-0.05, 0) is 60.9 Å². The highest BCUT2D eigenvalue weighted by molar-refractivity contribution is 9.10. The maximum Gasteiger partial charge on any atom is 0.0449 e. The van der Waals surface area contributed by atoms with Crippen molar-refractivity contribution in [3.63, 3.8) is 0 Å². The fourth-order valence-electron chi connectivity index (χ4n) is 2.53. The number of nitrogens with one attached hydrogen (secondary N) is 1. The summed E-state index contributed by atoms with van der Waals surface area (Å²) in [6.07, 6.45) is 3.56. The van der Waals surface area contributed by atoms with Gasteiger partial charge in [0.25, 0.3) is 0 Å². The van der Waals surface area contributed by atoms with Gasteiger partial charge in [-0.2, -0.15) is 11.8 Å². The van der Waals surface area contributed by atoms with Crippen LogP contribution in [0.2, 0.25) is 5.02 Å². The smallest absolute Gasteiger partial charge is 0.0449 e. The highest BCUT2D eigenvalue weighted by atomic mass is 79.9. The van der Waals surface area contributed by atoms with E-state index in [0.717, 1.165) is 28.4 Å². The Morgan fingerprint density at radius 2 is 2.37 bits per heavy atom. The predicted molar refractivity (Wildman–Crippen MR) is 90.4 cm³/mol. The first-order valence-electron chi connectivity index (χ1n) is 6.95. The van der Waals surface area contributed by atoms with Gasteiger partial charge in [0.05, 0.1) is 0 Å². The van der Waals surface area contributed by atoms with Gasteiger partial charge in [0.2, 0.25) is 0 Å². The standard InChI is InChI=1S/C15H21BrClNS/c1-2-6-18-15(12-5-7-19-10-12)8-11-3-4-13(16)9-14(11)17/h3-4,9,12,15,18H,2,5-8,10H2,1H3. The monoisotopic (exact) mass is 361 g/mol. The SMILES string of the molecule is CCCNC(Cc1ccc(Br)cc1Cl)C1CCSC1. The summed E-state index contributed by atoms with van der Waals surface area (Å²) in [6.45, 7) is 3.32. The van der Waals surface area contributed by atoms with Gasteiger partial charge >= 0.3 is 0 Å². The summed E-state index contributed by atoms with van der Waals surface area (Å²) in [5, 5.41) is 4.60. The normalized spacial score (nSPS) is 20.7. The summed E-state index contributed by atoms with van der Waals surface area (Å²) in [5.74, 6) is 3.38. The van der Waals surface area contributed by atoms with Crippen molar-refractivity contribution in [3.05, 3.63) is 33.3 Å². The second kappa shape index (κ2) is 7.92. The Hall–Kier alpha value is 0.300. The van der Waals surface area contributed by atoms with Crippen molar-refractivity contribution in [2.45, 2.75) is 32.2 Å². The van der Waals surface area contributed by atoms with Crippen LogP contribution in [0.3, 0.4) is 0 Å². The molecule has 1 nitrogen and oxygen atoms in total. The lowest BCUT2D eigenvalue weighted by Gasteiger charge is -2.25. The van der Waals surface area contributed by atoms with Crippen LogP contribution in [-0.4, -0.2) is 24.1 Å². The van der Waals surface area contributed by atoms with E-state index in [1.807, 2.05) is 6.07 Å². The molecule has 1 saturated heterocycles. The van der Waals surface area contributed by atoms with Crippen LogP contribution in [0.4, 0.5) is 0 Å². The van der Waals surface area contributed by atoms with E-state index in [2.05, 4.69) is 52.1 Å². The molecule has 0 saturated carbocycles. The zero-order valence-electron chi connectivity index (χ0n) is 11.3. The third kappa shape index (κ3) is 4.66. The summed E-state index contributed by atoms with van der Waals surface area (Å²) in [5.41, 5.74) is 1.26. The zero-order chi connectivity index (χ0) is 13.7. The minimum absolute atomic E-state index is 0.564. The first kappa shape index (κ1) is 15.7. The van der Waals surface area contributed by atoms with E-state index < -0.39 is 0 Å². The average molecular weight is 363 g/mol. The van der Waals surface area contributed by atoms with Crippen molar-refractivity contribution in [3.8, 4) is 0 Å². The molecule has 1 aliphatic heterocycles. The third-order valence-electron chi connectivity index (χ3n) is 3.65. The molecule has 106 valence electrons. The molecule has 0 aromatic heterocycles. The van der Waals surface area contributed by atoms with Crippen LogP contribution in [0, 0.1) is 5.92 Å². The summed E-state index contributed by atoms with van der Waals surface area (Å²) in [6, 6.07) is 6.79. The van der Waals surface area contributed by atoms with Crippen molar-refractivity contribution >= 4 is 39.3 Å². The van der Waals surface area contributed by atoms with Gasteiger partial charge in [-0.15, -0.1) is 0 Å². The Kier molecular flexibility index (Phi) is 6.54. The van der Waals surface area contributed by atoms with Crippen molar-refractivity contribution < 1.29 is 0 Å². The zero-order valence-corrected chi connectivity index (χ0v) is 14.5. The van der Waals surface area contributed by atoms with E-state index in [0.29, 0.717) is 6.04 Å². The molecule has 0 aliphatic carbocycles. The van der Waals surface area contributed by atoms with Crippen LogP contribution in [0.15, 0.2) is 22.7 Å². The first-order valence-corrected chi connectivity index (χ1v) is 9.28. The topological polar surface area (TPSA) is 12.0 Å². The van der Waals surface area contributed by atoms with Gasteiger partial charge < -0.3 is 5.32 Å². The van der Waals surface area contributed by atoms with Crippen LogP contribution in [-0.2, 0) is 6.42 Å². The molecule has 1 aliphatic rings. The van der Waals surface area contributed by atoms with Crippen molar-refractivity contribution in [1.82, 2.24) is 5.32 Å². The number of benzene rings is 1. The number of hydrogen-bond acceptors (Lipinski definition) is 2. The third-order valence-corrected chi connectivity index (χ3v) is 5.68.